The number of aryl methyl sites for hydroxylation is 2. The number of nitrogens with zero attached hydrogens (tertiary/aromatic N) is 1. The van der Waals surface area contributed by atoms with Crippen LogP contribution in [-0.4, -0.2) is 28.8 Å². The van der Waals surface area contributed by atoms with Crippen LogP contribution in [0.2, 0.25) is 5.02 Å². The van der Waals surface area contributed by atoms with Gasteiger partial charge < -0.3 is 14.6 Å². The summed E-state index contributed by atoms with van der Waals surface area (Å²) in [5.74, 6) is 0.805. The number of rotatable bonds is 3. The van der Waals surface area contributed by atoms with E-state index in [9.17, 15) is 9.59 Å². The SMILES string of the molecule is Cc1cc(C(=O)Nc2ccc(Cl)cc2C(=O)N2C(C)CCCC2C)c(C)o1. The van der Waals surface area contributed by atoms with Crippen molar-refractivity contribution < 1.29 is 14.0 Å². The van der Waals surface area contributed by atoms with E-state index in [-0.39, 0.29) is 23.9 Å². The minimum atomic E-state index is -0.305. The number of hydrogen-bond donors (Lipinski definition) is 1. The van der Waals surface area contributed by atoms with Gasteiger partial charge in [-0.3, -0.25) is 9.59 Å². The summed E-state index contributed by atoms with van der Waals surface area (Å²) in [5, 5.41) is 3.31. The molecule has 0 spiro atoms. The van der Waals surface area contributed by atoms with E-state index in [4.69, 9.17) is 16.0 Å². The number of anilines is 1. The average molecular weight is 389 g/mol. The molecule has 1 N–H and O–H groups in total. The van der Waals surface area contributed by atoms with Crippen LogP contribution in [-0.2, 0) is 0 Å². The summed E-state index contributed by atoms with van der Waals surface area (Å²) in [6.07, 6.45) is 3.07. The molecule has 1 aliphatic rings. The summed E-state index contributed by atoms with van der Waals surface area (Å²) in [7, 11) is 0. The van der Waals surface area contributed by atoms with Gasteiger partial charge >= 0.3 is 0 Å². The lowest BCUT2D eigenvalue weighted by Gasteiger charge is -2.39. The third kappa shape index (κ3) is 4.03. The first-order valence-electron chi connectivity index (χ1n) is 9.28. The summed E-state index contributed by atoms with van der Waals surface area (Å²) < 4.78 is 5.44. The molecule has 0 saturated carbocycles. The third-order valence-corrected chi connectivity index (χ3v) is 5.41. The van der Waals surface area contributed by atoms with Crippen molar-refractivity contribution in [1.29, 1.82) is 0 Å². The van der Waals surface area contributed by atoms with Crippen molar-refractivity contribution in [1.82, 2.24) is 4.90 Å². The molecule has 1 fully saturated rings. The van der Waals surface area contributed by atoms with Crippen molar-refractivity contribution in [3.8, 4) is 0 Å². The maximum atomic E-state index is 13.3. The summed E-state index contributed by atoms with van der Waals surface area (Å²) in [6.45, 7) is 7.66. The molecule has 3 rings (SSSR count). The van der Waals surface area contributed by atoms with E-state index in [0.29, 0.717) is 33.4 Å². The lowest BCUT2D eigenvalue weighted by atomic mass is 9.96. The molecule has 1 saturated heterocycles. The first-order valence-corrected chi connectivity index (χ1v) is 9.66. The Hall–Kier alpha value is -2.27. The molecule has 1 aliphatic heterocycles. The van der Waals surface area contributed by atoms with E-state index in [1.807, 2.05) is 4.90 Å². The molecule has 2 amide bonds. The van der Waals surface area contributed by atoms with Crippen molar-refractivity contribution in [3.05, 3.63) is 51.9 Å². The normalized spacial score (nSPS) is 19.8. The quantitative estimate of drug-likeness (QED) is 0.785. The first-order chi connectivity index (χ1) is 12.8. The molecule has 1 aromatic heterocycles. The number of likely N-dealkylation sites (tertiary alicyclic amines) is 1. The number of carbonyl (C=O) groups is 2. The zero-order chi connectivity index (χ0) is 19.7. The molecule has 27 heavy (non-hydrogen) atoms. The van der Waals surface area contributed by atoms with Gasteiger partial charge in [-0.05, 0) is 71.2 Å². The van der Waals surface area contributed by atoms with Gasteiger partial charge in [0.15, 0.2) is 0 Å². The van der Waals surface area contributed by atoms with Gasteiger partial charge in [0.25, 0.3) is 11.8 Å². The Morgan fingerprint density at radius 3 is 2.37 bits per heavy atom. The average Bonchev–Trinajstić information content (AvgIpc) is 2.94. The number of benzene rings is 1. The highest BCUT2D eigenvalue weighted by Crippen LogP contribution is 2.29. The van der Waals surface area contributed by atoms with Gasteiger partial charge in [-0.2, -0.15) is 0 Å². The van der Waals surface area contributed by atoms with Crippen LogP contribution in [0, 0.1) is 13.8 Å². The Kier molecular flexibility index (Phi) is 5.61. The molecule has 6 heteroatoms. The van der Waals surface area contributed by atoms with Gasteiger partial charge in [-0.25, -0.2) is 0 Å². The topological polar surface area (TPSA) is 62.6 Å². The van der Waals surface area contributed by atoms with E-state index in [0.717, 1.165) is 19.3 Å². The number of amides is 2. The van der Waals surface area contributed by atoms with E-state index in [1.54, 1.807) is 38.1 Å². The number of furan rings is 1. The highest BCUT2D eigenvalue weighted by atomic mass is 35.5. The summed E-state index contributed by atoms with van der Waals surface area (Å²) in [6, 6.07) is 6.97. The van der Waals surface area contributed by atoms with Gasteiger partial charge in [0.2, 0.25) is 0 Å². The van der Waals surface area contributed by atoms with E-state index >= 15 is 0 Å². The van der Waals surface area contributed by atoms with Gasteiger partial charge in [0.1, 0.15) is 11.5 Å². The minimum Gasteiger partial charge on any atom is -0.466 e. The molecule has 2 aromatic rings. The van der Waals surface area contributed by atoms with Crippen LogP contribution in [0.3, 0.4) is 0 Å². The molecule has 5 nitrogen and oxygen atoms in total. The maximum absolute atomic E-state index is 13.3. The zero-order valence-corrected chi connectivity index (χ0v) is 16.9. The molecule has 0 radical (unpaired) electrons. The van der Waals surface area contributed by atoms with E-state index < -0.39 is 0 Å². The first kappa shape index (κ1) is 19.5. The molecule has 2 heterocycles. The fraction of sp³-hybridized carbons (Fsp3) is 0.429. The molecule has 0 bridgehead atoms. The number of hydrogen-bond acceptors (Lipinski definition) is 3. The van der Waals surface area contributed by atoms with Gasteiger partial charge in [0, 0.05) is 17.1 Å². The minimum absolute atomic E-state index is 0.104. The fourth-order valence-corrected chi connectivity index (χ4v) is 3.98. The van der Waals surface area contributed by atoms with E-state index in [2.05, 4.69) is 19.2 Å². The molecule has 1 aromatic carbocycles. The monoisotopic (exact) mass is 388 g/mol. The van der Waals surface area contributed by atoms with Crippen LogP contribution in [0.15, 0.2) is 28.7 Å². The second-order valence-electron chi connectivity index (χ2n) is 7.31. The summed E-state index contributed by atoms with van der Waals surface area (Å²) >= 11 is 6.16. The fourth-order valence-electron chi connectivity index (χ4n) is 3.81. The lowest BCUT2D eigenvalue weighted by molar-refractivity contribution is 0.0512. The Morgan fingerprint density at radius 1 is 1.11 bits per heavy atom. The van der Waals surface area contributed by atoms with Gasteiger partial charge in [-0.1, -0.05) is 11.6 Å². The molecule has 2 atom stereocenters. The predicted molar refractivity (Wildman–Crippen MR) is 107 cm³/mol. The van der Waals surface area contributed by atoms with Crippen molar-refractivity contribution in [3.63, 3.8) is 0 Å². The standard InChI is InChI=1S/C21H25ClN2O3/c1-12-6-5-7-13(2)24(12)21(26)18-11-16(22)8-9-19(18)23-20(25)17-10-14(3)27-15(17)4/h8-13H,5-7H2,1-4H3,(H,23,25). The van der Waals surface area contributed by atoms with Crippen LogP contribution in [0.4, 0.5) is 5.69 Å². The Balaban J connectivity index is 1.92. The number of carbonyl (C=O) groups excluding carboxylic acids is 2. The maximum Gasteiger partial charge on any atom is 0.259 e. The molecule has 144 valence electrons. The summed E-state index contributed by atoms with van der Waals surface area (Å²) in [4.78, 5) is 27.9. The van der Waals surface area contributed by atoms with Crippen molar-refractivity contribution in [2.45, 2.75) is 59.0 Å². The van der Waals surface area contributed by atoms with Crippen LogP contribution in [0.1, 0.15) is 65.3 Å². The Morgan fingerprint density at radius 2 is 1.78 bits per heavy atom. The van der Waals surface area contributed by atoms with Crippen LogP contribution >= 0.6 is 11.6 Å². The smallest absolute Gasteiger partial charge is 0.259 e. The highest BCUT2D eigenvalue weighted by Gasteiger charge is 2.31. The number of piperidine rings is 1. The molecule has 0 aliphatic carbocycles. The third-order valence-electron chi connectivity index (χ3n) is 5.17. The number of nitrogens with one attached hydrogen (secondary N) is 1. The van der Waals surface area contributed by atoms with Crippen LogP contribution in [0.25, 0.3) is 0 Å². The van der Waals surface area contributed by atoms with Crippen molar-refractivity contribution in [2.24, 2.45) is 0 Å². The van der Waals surface area contributed by atoms with Crippen LogP contribution < -0.4 is 5.32 Å². The molecular formula is C21H25ClN2O3. The number of halogens is 1. The second kappa shape index (κ2) is 7.77. The largest absolute Gasteiger partial charge is 0.466 e. The summed E-state index contributed by atoms with van der Waals surface area (Å²) in [5.41, 5.74) is 1.33. The van der Waals surface area contributed by atoms with Crippen molar-refractivity contribution >= 4 is 29.1 Å². The Bertz CT molecular complexity index is 864. The lowest BCUT2D eigenvalue weighted by Crippen LogP contribution is -2.47. The molecule has 2 unspecified atom stereocenters. The van der Waals surface area contributed by atoms with Gasteiger partial charge in [0.05, 0.1) is 16.8 Å². The van der Waals surface area contributed by atoms with Gasteiger partial charge in [-0.15, -0.1) is 0 Å². The highest BCUT2D eigenvalue weighted by molar-refractivity contribution is 6.31. The predicted octanol–water partition coefficient (Wildman–Crippen LogP) is 5.21. The van der Waals surface area contributed by atoms with Crippen LogP contribution in [0.5, 0.6) is 0 Å². The zero-order valence-electron chi connectivity index (χ0n) is 16.1. The van der Waals surface area contributed by atoms with E-state index in [1.165, 1.54) is 0 Å². The van der Waals surface area contributed by atoms with Crippen molar-refractivity contribution in [2.75, 3.05) is 5.32 Å². The molecular weight excluding hydrogens is 364 g/mol. The Labute approximate surface area is 164 Å². The second-order valence-corrected chi connectivity index (χ2v) is 7.75.